The molecule has 0 fully saturated rings. The Morgan fingerprint density at radius 1 is 1.39 bits per heavy atom. The van der Waals surface area contributed by atoms with E-state index in [-0.39, 0.29) is 6.54 Å². The van der Waals surface area contributed by atoms with Crippen molar-refractivity contribution in [3.8, 4) is 0 Å². The lowest BCUT2D eigenvalue weighted by molar-refractivity contribution is 0.0466. The fourth-order valence-corrected chi connectivity index (χ4v) is 1.67. The van der Waals surface area contributed by atoms with Gasteiger partial charge in [-0.05, 0) is 41.9 Å². The Morgan fingerprint density at radius 3 is 2.61 bits per heavy atom. The van der Waals surface area contributed by atoms with Gasteiger partial charge in [-0.1, -0.05) is 0 Å². The number of nitrogens with one attached hydrogen (secondary N) is 1. The van der Waals surface area contributed by atoms with Crippen molar-refractivity contribution >= 4 is 21.9 Å². The van der Waals surface area contributed by atoms with Gasteiger partial charge in [-0.25, -0.2) is 9.97 Å². The molecule has 0 aliphatic carbocycles. The van der Waals surface area contributed by atoms with Gasteiger partial charge in [0.25, 0.3) is 0 Å². The normalized spacial score (nSPS) is 14.2. The van der Waals surface area contributed by atoms with Crippen LogP contribution in [-0.4, -0.2) is 21.6 Å². The van der Waals surface area contributed by atoms with E-state index in [1.807, 2.05) is 13.0 Å². The lowest BCUT2D eigenvalue weighted by Crippen LogP contribution is -2.30. The highest BCUT2D eigenvalue weighted by Gasteiger charge is 2.26. The zero-order valence-corrected chi connectivity index (χ0v) is 11.7. The van der Waals surface area contributed by atoms with Gasteiger partial charge in [-0.2, -0.15) is 0 Å². The molecule has 96 valence electrons. The van der Waals surface area contributed by atoms with E-state index in [4.69, 9.17) is 4.42 Å². The largest absolute Gasteiger partial charge is 0.463 e. The molecule has 0 saturated heterocycles. The first-order valence-electron chi connectivity index (χ1n) is 5.48. The number of anilines is 1. The van der Waals surface area contributed by atoms with Crippen LogP contribution in [0.1, 0.15) is 18.4 Å². The minimum Gasteiger partial charge on any atom is -0.463 e. The summed E-state index contributed by atoms with van der Waals surface area (Å²) in [5.74, 6) is 1.75. The van der Waals surface area contributed by atoms with E-state index in [1.165, 1.54) is 0 Å². The number of aliphatic hydroxyl groups is 1. The Bertz CT molecular complexity index is 522. The van der Waals surface area contributed by atoms with Crippen LogP contribution in [0.3, 0.4) is 0 Å². The molecule has 2 heterocycles. The smallest absolute Gasteiger partial charge is 0.222 e. The van der Waals surface area contributed by atoms with Crippen molar-refractivity contribution in [3.63, 3.8) is 0 Å². The fraction of sp³-hybridized carbons (Fsp3) is 0.333. The molecule has 0 spiro atoms. The van der Waals surface area contributed by atoms with Crippen molar-refractivity contribution < 1.29 is 9.52 Å². The molecule has 0 aliphatic heterocycles. The second kappa shape index (κ2) is 5.07. The SMILES string of the molecule is Cc1ccc(C(C)(O)CNc2ncc(Br)cn2)o1. The fourth-order valence-electron chi connectivity index (χ4n) is 1.47. The maximum Gasteiger partial charge on any atom is 0.222 e. The summed E-state index contributed by atoms with van der Waals surface area (Å²) in [6.07, 6.45) is 3.28. The van der Waals surface area contributed by atoms with E-state index in [9.17, 15) is 5.11 Å². The van der Waals surface area contributed by atoms with Crippen molar-refractivity contribution in [2.24, 2.45) is 0 Å². The summed E-state index contributed by atoms with van der Waals surface area (Å²) in [7, 11) is 0. The first-order chi connectivity index (χ1) is 8.47. The second-order valence-electron chi connectivity index (χ2n) is 4.26. The first-order valence-corrected chi connectivity index (χ1v) is 6.27. The molecule has 0 aromatic carbocycles. The number of rotatable bonds is 4. The molecule has 1 unspecified atom stereocenters. The third-order valence-corrected chi connectivity index (χ3v) is 2.89. The number of nitrogens with zero attached hydrogens (tertiary/aromatic N) is 2. The minimum absolute atomic E-state index is 0.265. The molecular formula is C12H14BrN3O2. The maximum atomic E-state index is 10.3. The number of aryl methyl sites for hydroxylation is 1. The zero-order chi connectivity index (χ0) is 13.2. The van der Waals surface area contributed by atoms with E-state index >= 15 is 0 Å². The molecule has 0 amide bonds. The van der Waals surface area contributed by atoms with Crippen LogP contribution < -0.4 is 5.32 Å². The lowest BCUT2D eigenvalue weighted by atomic mass is 10.0. The topological polar surface area (TPSA) is 71.2 Å². The van der Waals surface area contributed by atoms with Crippen LogP contribution in [0.5, 0.6) is 0 Å². The number of furan rings is 1. The van der Waals surface area contributed by atoms with Crippen molar-refractivity contribution in [1.29, 1.82) is 0 Å². The number of aromatic nitrogens is 2. The zero-order valence-electron chi connectivity index (χ0n) is 10.1. The highest BCUT2D eigenvalue weighted by Crippen LogP contribution is 2.22. The summed E-state index contributed by atoms with van der Waals surface area (Å²) in [5.41, 5.74) is -1.11. The van der Waals surface area contributed by atoms with Crippen LogP contribution >= 0.6 is 15.9 Å². The molecule has 0 aliphatic rings. The van der Waals surface area contributed by atoms with Gasteiger partial charge in [0.1, 0.15) is 17.1 Å². The predicted molar refractivity (Wildman–Crippen MR) is 71.2 cm³/mol. The number of hydrogen-bond donors (Lipinski definition) is 2. The van der Waals surface area contributed by atoms with E-state index in [0.717, 1.165) is 10.2 Å². The molecule has 18 heavy (non-hydrogen) atoms. The molecule has 5 nitrogen and oxygen atoms in total. The first kappa shape index (κ1) is 13.0. The summed E-state index contributed by atoms with van der Waals surface area (Å²) in [5, 5.41) is 13.3. The monoisotopic (exact) mass is 311 g/mol. The van der Waals surface area contributed by atoms with Crippen LogP contribution in [0.4, 0.5) is 5.95 Å². The lowest BCUT2D eigenvalue weighted by Gasteiger charge is -2.21. The number of hydrogen-bond acceptors (Lipinski definition) is 5. The maximum absolute atomic E-state index is 10.3. The highest BCUT2D eigenvalue weighted by molar-refractivity contribution is 9.10. The van der Waals surface area contributed by atoms with Crippen LogP contribution in [-0.2, 0) is 5.60 Å². The Hall–Kier alpha value is -1.40. The molecule has 6 heteroatoms. The molecule has 0 saturated carbocycles. The Morgan fingerprint density at radius 2 is 2.06 bits per heavy atom. The van der Waals surface area contributed by atoms with E-state index < -0.39 is 5.60 Å². The van der Waals surface area contributed by atoms with Crippen molar-refractivity contribution in [2.45, 2.75) is 19.4 Å². The van der Waals surface area contributed by atoms with Crippen molar-refractivity contribution in [2.75, 3.05) is 11.9 Å². The van der Waals surface area contributed by atoms with E-state index in [1.54, 1.807) is 25.4 Å². The molecule has 2 aromatic rings. The van der Waals surface area contributed by atoms with Gasteiger partial charge < -0.3 is 14.8 Å². The van der Waals surface area contributed by atoms with Gasteiger partial charge in [0.15, 0.2) is 0 Å². The highest BCUT2D eigenvalue weighted by atomic mass is 79.9. The van der Waals surface area contributed by atoms with Gasteiger partial charge in [0.05, 0.1) is 11.0 Å². The quantitative estimate of drug-likeness (QED) is 0.907. The summed E-state index contributed by atoms with van der Waals surface area (Å²) < 4.78 is 6.22. The molecule has 1 atom stereocenters. The second-order valence-corrected chi connectivity index (χ2v) is 5.18. The Kier molecular flexibility index (Phi) is 3.68. The van der Waals surface area contributed by atoms with Gasteiger partial charge in [0.2, 0.25) is 5.95 Å². The van der Waals surface area contributed by atoms with Crippen LogP contribution in [0, 0.1) is 6.92 Å². The summed E-state index contributed by atoms with van der Waals surface area (Å²) >= 11 is 3.26. The average Bonchev–Trinajstić information content (AvgIpc) is 2.76. The van der Waals surface area contributed by atoms with E-state index in [0.29, 0.717) is 11.7 Å². The molecule has 0 bridgehead atoms. The van der Waals surface area contributed by atoms with Crippen LogP contribution in [0.15, 0.2) is 33.4 Å². The Labute approximate surface area is 113 Å². The van der Waals surface area contributed by atoms with Gasteiger partial charge in [-0.15, -0.1) is 0 Å². The summed E-state index contributed by atoms with van der Waals surface area (Å²) in [6.45, 7) is 3.78. The van der Waals surface area contributed by atoms with Crippen molar-refractivity contribution in [3.05, 3.63) is 40.5 Å². The Balaban J connectivity index is 2.02. The molecule has 0 radical (unpaired) electrons. The van der Waals surface area contributed by atoms with E-state index in [2.05, 4.69) is 31.2 Å². The average molecular weight is 312 g/mol. The molecule has 2 N–H and O–H groups in total. The predicted octanol–water partition coefficient (Wildman–Crippen LogP) is 2.46. The summed E-state index contributed by atoms with van der Waals surface area (Å²) in [6, 6.07) is 3.58. The molecule has 2 rings (SSSR count). The molecular weight excluding hydrogens is 298 g/mol. The van der Waals surface area contributed by atoms with Crippen LogP contribution in [0.25, 0.3) is 0 Å². The molecule has 2 aromatic heterocycles. The standard InChI is InChI=1S/C12H14BrN3O2/c1-8-3-4-10(18-8)12(2,17)7-16-11-14-5-9(13)6-15-11/h3-6,17H,7H2,1-2H3,(H,14,15,16). The minimum atomic E-state index is -1.11. The summed E-state index contributed by atoms with van der Waals surface area (Å²) in [4.78, 5) is 8.14. The van der Waals surface area contributed by atoms with Gasteiger partial charge in [-0.3, -0.25) is 0 Å². The van der Waals surface area contributed by atoms with Crippen LogP contribution in [0.2, 0.25) is 0 Å². The van der Waals surface area contributed by atoms with Gasteiger partial charge in [0, 0.05) is 12.4 Å². The van der Waals surface area contributed by atoms with Gasteiger partial charge >= 0.3 is 0 Å². The van der Waals surface area contributed by atoms with Crippen molar-refractivity contribution in [1.82, 2.24) is 9.97 Å². The third kappa shape index (κ3) is 3.08. The third-order valence-electron chi connectivity index (χ3n) is 2.48. The number of halogens is 1.